The second kappa shape index (κ2) is 5.46. The molecule has 1 aromatic rings. The Balaban J connectivity index is 2.59. The van der Waals surface area contributed by atoms with Gasteiger partial charge in [-0.25, -0.2) is 0 Å². The fourth-order valence-corrected chi connectivity index (χ4v) is 1.09. The van der Waals surface area contributed by atoms with Gasteiger partial charge in [0.05, 0.1) is 6.42 Å². The topological polar surface area (TPSA) is 94.5 Å². The predicted octanol–water partition coefficient (Wildman–Crippen LogP) is 1.38. The maximum Gasteiger partial charge on any atom is 0.385 e. The number of carbonyl (C=O) groups is 2. The van der Waals surface area contributed by atoms with E-state index in [1.54, 1.807) is 12.1 Å². The first-order chi connectivity index (χ1) is 7.63. The van der Waals surface area contributed by atoms with Gasteiger partial charge in [-0.1, -0.05) is 6.07 Å². The molecule has 0 aromatic heterocycles. The van der Waals surface area contributed by atoms with Crippen LogP contribution in [0.25, 0.3) is 4.98 Å². The fraction of sp³-hybridized carbons (Fsp3) is 0.200. The molecule has 0 spiro atoms. The summed E-state index contributed by atoms with van der Waals surface area (Å²) in [6.45, 7) is 0.0641. The van der Waals surface area contributed by atoms with E-state index < -0.39 is 11.9 Å². The summed E-state index contributed by atoms with van der Waals surface area (Å²) in [7, 11) is 0. The molecule has 0 saturated heterocycles. The number of benzene rings is 1. The molecular weight excluding hydrogens is 210 g/mol. The van der Waals surface area contributed by atoms with Crippen LogP contribution in [0.4, 0.5) is 5.69 Å². The van der Waals surface area contributed by atoms with Crippen LogP contribution >= 0.6 is 0 Å². The molecule has 0 heterocycles. The smallest absolute Gasteiger partial charge is 0.385 e. The zero-order valence-electron chi connectivity index (χ0n) is 8.38. The number of diazo groups is 1. The van der Waals surface area contributed by atoms with Crippen molar-refractivity contribution < 1.29 is 14.7 Å². The second-order valence-corrected chi connectivity index (χ2v) is 3.05. The van der Waals surface area contributed by atoms with Gasteiger partial charge in [0.25, 0.3) is 5.91 Å². The van der Waals surface area contributed by atoms with Gasteiger partial charge in [-0.05, 0) is 6.07 Å². The minimum atomic E-state index is -0.973. The largest absolute Gasteiger partial charge is 0.481 e. The molecule has 1 amide bonds. The van der Waals surface area contributed by atoms with Gasteiger partial charge in [0.15, 0.2) is 4.98 Å². The average Bonchev–Trinajstić information content (AvgIpc) is 2.28. The summed E-state index contributed by atoms with van der Waals surface area (Å²) in [5, 5.41) is 19.3. The van der Waals surface area contributed by atoms with Crippen LogP contribution in [0, 0.1) is 5.39 Å². The maximum atomic E-state index is 11.5. The fourth-order valence-electron chi connectivity index (χ4n) is 1.09. The summed E-state index contributed by atoms with van der Waals surface area (Å²) in [5.41, 5.74) is 0.589. The van der Waals surface area contributed by atoms with Crippen LogP contribution in [0.5, 0.6) is 0 Å². The molecule has 0 aliphatic rings. The van der Waals surface area contributed by atoms with Crippen LogP contribution in [-0.2, 0) is 4.79 Å². The summed E-state index contributed by atoms with van der Waals surface area (Å²) >= 11 is 0. The first-order valence-electron chi connectivity index (χ1n) is 4.58. The molecule has 0 aliphatic carbocycles. The van der Waals surface area contributed by atoms with Crippen LogP contribution in [0.2, 0.25) is 0 Å². The Hall–Kier alpha value is -2.42. The minimum Gasteiger partial charge on any atom is -0.481 e. The maximum absolute atomic E-state index is 11.5. The SMILES string of the molecule is N#[N+]c1cccc(C(=O)NCCC(=O)O)c1. The van der Waals surface area contributed by atoms with Crippen LogP contribution in [0.3, 0.4) is 0 Å². The molecule has 82 valence electrons. The number of amides is 1. The van der Waals surface area contributed by atoms with Crippen LogP contribution in [-0.4, -0.2) is 23.5 Å². The molecule has 2 N–H and O–H groups in total. The number of aliphatic carboxylic acids is 1. The van der Waals surface area contributed by atoms with Crippen molar-refractivity contribution in [3.05, 3.63) is 34.8 Å². The Kier molecular flexibility index (Phi) is 3.98. The Morgan fingerprint density at radius 2 is 2.19 bits per heavy atom. The molecule has 0 radical (unpaired) electrons. The second-order valence-electron chi connectivity index (χ2n) is 3.05. The van der Waals surface area contributed by atoms with E-state index in [1.165, 1.54) is 12.1 Å². The number of carbonyl (C=O) groups excluding carboxylic acids is 1. The third kappa shape index (κ3) is 3.38. The lowest BCUT2D eigenvalue weighted by atomic mass is 10.2. The lowest BCUT2D eigenvalue weighted by Crippen LogP contribution is -2.25. The lowest BCUT2D eigenvalue weighted by Gasteiger charge is -2.01. The summed E-state index contributed by atoms with van der Waals surface area (Å²) in [6, 6.07) is 6.05. The third-order valence-corrected chi connectivity index (χ3v) is 1.85. The number of nitrogens with zero attached hydrogens (tertiary/aromatic N) is 2. The van der Waals surface area contributed by atoms with E-state index in [1.807, 2.05) is 0 Å². The van der Waals surface area contributed by atoms with E-state index in [4.69, 9.17) is 10.5 Å². The van der Waals surface area contributed by atoms with E-state index in [2.05, 4.69) is 10.3 Å². The molecule has 1 rings (SSSR count). The normalized spacial score (nSPS) is 9.19. The number of hydrogen-bond acceptors (Lipinski definition) is 3. The highest BCUT2D eigenvalue weighted by Crippen LogP contribution is 2.13. The van der Waals surface area contributed by atoms with Gasteiger partial charge < -0.3 is 10.4 Å². The van der Waals surface area contributed by atoms with Gasteiger partial charge in [-0.3, -0.25) is 9.59 Å². The average molecular weight is 220 g/mol. The van der Waals surface area contributed by atoms with E-state index in [-0.39, 0.29) is 18.7 Å². The minimum absolute atomic E-state index is 0.0641. The molecule has 0 saturated carbocycles. The number of carboxylic acids is 1. The molecule has 0 aliphatic heterocycles. The molecular formula is C10H10N3O3+. The van der Waals surface area contributed by atoms with Crippen molar-refractivity contribution in [2.45, 2.75) is 6.42 Å². The van der Waals surface area contributed by atoms with Gasteiger partial charge >= 0.3 is 11.7 Å². The summed E-state index contributed by atoms with van der Waals surface area (Å²) in [4.78, 5) is 24.6. The highest BCUT2D eigenvalue weighted by Gasteiger charge is 2.10. The van der Waals surface area contributed by atoms with E-state index >= 15 is 0 Å². The Bertz CT molecular complexity index is 451. The van der Waals surface area contributed by atoms with E-state index in [0.717, 1.165) is 0 Å². The van der Waals surface area contributed by atoms with Crippen LogP contribution in [0.1, 0.15) is 16.8 Å². The van der Waals surface area contributed by atoms with Crippen molar-refractivity contribution in [3.63, 3.8) is 0 Å². The van der Waals surface area contributed by atoms with Crippen molar-refractivity contribution in [1.82, 2.24) is 5.32 Å². The molecule has 16 heavy (non-hydrogen) atoms. The van der Waals surface area contributed by atoms with E-state index in [0.29, 0.717) is 5.56 Å². The van der Waals surface area contributed by atoms with Gasteiger partial charge in [-0.15, -0.1) is 0 Å². The Labute approximate surface area is 91.5 Å². The first-order valence-corrected chi connectivity index (χ1v) is 4.58. The first kappa shape index (κ1) is 11.7. The molecule has 0 bridgehead atoms. The van der Waals surface area contributed by atoms with Gasteiger partial charge in [0.2, 0.25) is 5.39 Å². The van der Waals surface area contributed by atoms with Crippen LogP contribution in [0.15, 0.2) is 24.3 Å². The Morgan fingerprint density at radius 1 is 1.44 bits per heavy atom. The zero-order valence-corrected chi connectivity index (χ0v) is 8.38. The van der Waals surface area contributed by atoms with Gasteiger partial charge in [-0.2, -0.15) is 0 Å². The highest BCUT2D eigenvalue weighted by atomic mass is 16.4. The number of nitrogens with one attached hydrogen (secondary N) is 1. The number of rotatable bonds is 4. The number of carboxylic acid groups (broad SMARTS) is 1. The summed E-state index contributed by atoms with van der Waals surface area (Å²) in [6.07, 6.45) is -0.129. The monoisotopic (exact) mass is 220 g/mol. The number of hydrogen-bond donors (Lipinski definition) is 2. The highest BCUT2D eigenvalue weighted by molar-refractivity contribution is 5.95. The van der Waals surface area contributed by atoms with Gasteiger partial charge in [0.1, 0.15) is 0 Å². The van der Waals surface area contributed by atoms with Crippen molar-refractivity contribution in [2.24, 2.45) is 0 Å². The quantitative estimate of drug-likeness (QED) is 0.749. The molecule has 1 aromatic carbocycles. The Morgan fingerprint density at radius 3 is 2.81 bits per heavy atom. The van der Waals surface area contributed by atoms with Crippen molar-refractivity contribution in [2.75, 3.05) is 6.54 Å². The molecule has 6 heteroatoms. The molecule has 0 unspecified atom stereocenters. The zero-order chi connectivity index (χ0) is 12.0. The van der Waals surface area contributed by atoms with E-state index in [9.17, 15) is 9.59 Å². The third-order valence-electron chi connectivity index (χ3n) is 1.85. The molecule has 0 fully saturated rings. The predicted molar refractivity (Wildman–Crippen MR) is 55.8 cm³/mol. The summed E-state index contributed by atoms with van der Waals surface area (Å²) < 4.78 is 0. The standard InChI is InChI=1S/C10H9N3O3/c11-13-8-3-1-2-7(6-8)10(16)12-5-4-9(14)15/h1-3,6H,4-5H2,(H-,12,14,15,16)/p+1. The van der Waals surface area contributed by atoms with Crippen LogP contribution < -0.4 is 5.32 Å². The van der Waals surface area contributed by atoms with Crippen molar-refractivity contribution in [3.8, 4) is 0 Å². The van der Waals surface area contributed by atoms with Gasteiger partial charge in [0, 0.05) is 24.2 Å². The summed E-state index contributed by atoms with van der Waals surface area (Å²) in [5.74, 6) is -1.37. The van der Waals surface area contributed by atoms with Crippen molar-refractivity contribution >= 4 is 17.6 Å². The van der Waals surface area contributed by atoms with Crippen molar-refractivity contribution in [1.29, 1.82) is 5.39 Å². The molecule has 6 nitrogen and oxygen atoms in total. The lowest BCUT2D eigenvalue weighted by molar-refractivity contribution is -0.136. The molecule has 0 atom stereocenters.